The molecule has 3 aromatic rings. The first kappa shape index (κ1) is 19.6. The molecule has 0 heterocycles. The van der Waals surface area contributed by atoms with Gasteiger partial charge in [0.2, 0.25) is 0 Å². The van der Waals surface area contributed by atoms with Crippen molar-refractivity contribution < 1.29 is 19.1 Å². The summed E-state index contributed by atoms with van der Waals surface area (Å²) in [7, 11) is 1.45. The molecule has 0 spiro atoms. The van der Waals surface area contributed by atoms with Crippen LogP contribution in [0.3, 0.4) is 0 Å². The van der Waals surface area contributed by atoms with Gasteiger partial charge in [0, 0.05) is 17.2 Å². The average molecular weight is 386 g/mol. The van der Waals surface area contributed by atoms with E-state index in [0.29, 0.717) is 33.9 Å². The molecule has 0 bridgehead atoms. The smallest absolute Gasteiger partial charge is 0.262 e. The van der Waals surface area contributed by atoms with Crippen LogP contribution >= 0.6 is 0 Å². The van der Waals surface area contributed by atoms with Crippen LogP contribution in [-0.4, -0.2) is 25.4 Å². The van der Waals surface area contributed by atoms with Crippen molar-refractivity contribution in [1.82, 2.24) is 0 Å². The Balaban J connectivity index is 1.71. The number of methoxy groups -OCH3 is 1. The van der Waals surface area contributed by atoms with Crippen molar-refractivity contribution in [3.63, 3.8) is 0 Å². The van der Waals surface area contributed by atoms with Crippen molar-refractivity contribution in [3.8, 4) is 17.6 Å². The lowest BCUT2D eigenvalue weighted by Gasteiger charge is -2.13. The quantitative estimate of drug-likeness (QED) is 0.624. The number of rotatable bonds is 7. The van der Waals surface area contributed by atoms with E-state index in [1.54, 1.807) is 60.7 Å². The number of ketones is 1. The molecule has 3 rings (SSSR count). The van der Waals surface area contributed by atoms with Gasteiger partial charge in [-0.15, -0.1) is 0 Å². The molecule has 0 aromatic heterocycles. The molecule has 0 radical (unpaired) electrons. The van der Waals surface area contributed by atoms with Gasteiger partial charge in [0.25, 0.3) is 5.91 Å². The predicted molar refractivity (Wildman–Crippen MR) is 108 cm³/mol. The van der Waals surface area contributed by atoms with E-state index in [0.717, 1.165) is 0 Å². The molecule has 0 saturated carbocycles. The number of carbonyl (C=O) groups is 2. The van der Waals surface area contributed by atoms with Gasteiger partial charge in [-0.2, -0.15) is 5.26 Å². The fourth-order valence-electron chi connectivity index (χ4n) is 2.72. The summed E-state index contributed by atoms with van der Waals surface area (Å²) in [5.74, 6) is 0.0905. The number of para-hydroxylation sites is 1. The summed E-state index contributed by atoms with van der Waals surface area (Å²) in [5.41, 5.74) is 1.75. The second-order valence-corrected chi connectivity index (χ2v) is 6.06. The Kier molecular flexibility index (Phi) is 6.23. The third-order valence-electron chi connectivity index (χ3n) is 4.13. The van der Waals surface area contributed by atoms with Crippen LogP contribution in [0.4, 0.5) is 5.69 Å². The highest BCUT2D eigenvalue weighted by Gasteiger charge is 2.15. The number of amides is 1. The Morgan fingerprint density at radius 2 is 1.69 bits per heavy atom. The number of ether oxygens (including phenoxy) is 2. The fourth-order valence-corrected chi connectivity index (χ4v) is 2.72. The molecule has 0 fully saturated rings. The normalized spacial score (nSPS) is 9.93. The summed E-state index contributed by atoms with van der Waals surface area (Å²) in [6, 6.07) is 22.3. The number of nitrogens with zero attached hydrogens (tertiary/aromatic N) is 1. The molecule has 0 saturated heterocycles. The number of nitriles is 1. The fraction of sp³-hybridized carbons (Fsp3) is 0.0870. The van der Waals surface area contributed by atoms with Crippen molar-refractivity contribution in [3.05, 3.63) is 89.5 Å². The second-order valence-electron chi connectivity index (χ2n) is 6.06. The Bertz CT molecular complexity index is 1070. The summed E-state index contributed by atoms with van der Waals surface area (Å²) >= 11 is 0. The SMILES string of the molecule is COc1cc(C#N)ccc1OCC(=O)Nc1ccccc1C(=O)c1ccccc1. The Morgan fingerprint density at radius 1 is 0.966 bits per heavy atom. The predicted octanol–water partition coefficient (Wildman–Crippen LogP) is 3.82. The molecule has 1 N–H and O–H groups in total. The van der Waals surface area contributed by atoms with Crippen LogP contribution in [0.25, 0.3) is 0 Å². The number of nitrogens with one attached hydrogen (secondary N) is 1. The molecule has 1 amide bonds. The lowest BCUT2D eigenvalue weighted by molar-refractivity contribution is -0.118. The third-order valence-corrected chi connectivity index (χ3v) is 4.13. The third kappa shape index (κ3) is 4.79. The minimum absolute atomic E-state index is 0.184. The minimum atomic E-state index is -0.426. The summed E-state index contributed by atoms with van der Waals surface area (Å²) < 4.78 is 10.7. The van der Waals surface area contributed by atoms with Crippen LogP contribution in [0.5, 0.6) is 11.5 Å². The molecule has 29 heavy (non-hydrogen) atoms. The lowest BCUT2D eigenvalue weighted by atomic mass is 10.0. The van der Waals surface area contributed by atoms with Crippen molar-refractivity contribution in [2.75, 3.05) is 19.0 Å². The largest absolute Gasteiger partial charge is 0.493 e. The van der Waals surface area contributed by atoms with Crippen molar-refractivity contribution in [1.29, 1.82) is 5.26 Å². The molecule has 0 aliphatic carbocycles. The Morgan fingerprint density at radius 3 is 2.41 bits per heavy atom. The molecule has 144 valence electrons. The standard InChI is InChI=1S/C23H18N2O4/c1-28-21-13-16(14-24)11-12-20(21)29-15-22(26)25-19-10-6-5-9-18(19)23(27)17-7-3-2-4-8-17/h2-13H,15H2,1H3,(H,25,26). The minimum Gasteiger partial charge on any atom is -0.493 e. The van der Waals surface area contributed by atoms with E-state index < -0.39 is 5.91 Å². The molecule has 0 atom stereocenters. The van der Waals surface area contributed by atoms with Crippen LogP contribution in [0.2, 0.25) is 0 Å². The van der Waals surface area contributed by atoms with Gasteiger partial charge in [0.15, 0.2) is 23.9 Å². The van der Waals surface area contributed by atoms with E-state index in [2.05, 4.69) is 5.32 Å². The molecule has 0 aliphatic heterocycles. The maximum atomic E-state index is 12.7. The van der Waals surface area contributed by atoms with E-state index in [1.165, 1.54) is 13.2 Å². The number of anilines is 1. The molecule has 0 aliphatic rings. The Labute approximate surface area is 168 Å². The van der Waals surface area contributed by atoms with Gasteiger partial charge in [-0.25, -0.2) is 0 Å². The van der Waals surface area contributed by atoms with Gasteiger partial charge in [0.1, 0.15) is 0 Å². The second kappa shape index (κ2) is 9.20. The summed E-state index contributed by atoms with van der Waals surface area (Å²) in [4.78, 5) is 25.1. The Hall–Kier alpha value is -4.11. The summed E-state index contributed by atoms with van der Waals surface area (Å²) in [6.45, 7) is -0.282. The van der Waals surface area contributed by atoms with Gasteiger partial charge < -0.3 is 14.8 Å². The highest BCUT2D eigenvalue weighted by atomic mass is 16.5. The number of benzene rings is 3. The first-order chi connectivity index (χ1) is 14.1. The number of carbonyl (C=O) groups excluding carboxylic acids is 2. The van der Waals surface area contributed by atoms with Gasteiger partial charge in [-0.05, 0) is 24.3 Å². The molecule has 6 nitrogen and oxygen atoms in total. The highest BCUT2D eigenvalue weighted by Crippen LogP contribution is 2.28. The maximum Gasteiger partial charge on any atom is 0.262 e. The number of hydrogen-bond donors (Lipinski definition) is 1. The first-order valence-corrected chi connectivity index (χ1v) is 8.82. The topological polar surface area (TPSA) is 88.4 Å². The lowest BCUT2D eigenvalue weighted by Crippen LogP contribution is -2.21. The van der Waals surface area contributed by atoms with Crippen LogP contribution in [0.1, 0.15) is 21.5 Å². The highest BCUT2D eigenvalue weighted by molar-refractivity contribution is 6.13. The monoisotopic (exact) mass is 386 g/mol. The van der Waals surface area contributed by atoms with E-state index in [9.17, 15) is 9.59 Å². The average Bonchev–Trinajstić information content (AvgIpc) is 2.78. The molecular formula is C23H18N2O4. The van der Waals surface area contributed by atoms with Crippen LogP contribution in [0, 0.1) is 11.3 Å². The van der Waals surface area contributed by atoms with Gasteiger partial charge in [0.05, 0.1) is 24.4 Å². The maximum absolute atomic E-state index is 12.7. The van der Waals surface area contributed by atoms with Gasteiger partial charge >= 0.3 is 0 Å². The van der Waals surface area contributed by atoms with E-state index in [-0.39, 0.29) is 12.4 Å². The van der Waals surface area contributed by atoms with Gasteiger partial charge in [-0.1, -0.05) is 42.5 Å². The zero-order chi connectivity index (χ0) is 20.6. The van der Waals surface area contributed by atoms with E-state index in [4.69, 9.17) is 14.7 Å². The van der Waals surface area contributed by atoms with Crippen LogP contribution < -0.4 is 14.8 Å². The number of hydrogen-bond acceptors (Lipinski definition) is 5. The van der Waals surface area contributed by atoms with Crippen molar-refractivity contribution >= 4 is 17.4 Å². The summed E-state index contributed by atoms with van der Waals surface area (Å²) in [5, 5.41) is 11.7. The first-order valence-electron chi connectivity index (χ1n) is 8.82. The summed E-state index contributed by atoms with van der Waals surface area (Å²) in [6.07, 6.45) is 0. The van der Waals surface area contributed by atoms with Crippen molar-refractivity contribution in [2.24, 2.45) is 0 Å². The zero-order valence-corrected chi connectivity index (χ0v) is 15.7. The van der Waals surface area contributed by atoms with Crippen LogP contribution in [-0.2, 0) is 4.79 Å². The van der Waals surface area contributed by atoms with E-state index in [1.807, 2.05) is 12.1 Å². The molecule has 3 aromatic carbocycles. The van der Waals surface area contributed by atoms with Crippen molar-refractivity contribution in [2.45, 2.75) is 0 Å². The molecule has 6 heteroatoms. The van der Waals surface area contributed by atoms with E-state index >= 15 is 0 Å². The van der Waals surface area contributed by atoms with Crippen LogP contribution in [0.15, 0.2) is 72.8 Å². The van der Waals surface area contributed by atoms with Gasteiger partial charge in [-0.3, -0.25) is 9.59 Å². The molecule has 0 unspecified atom stereocenters. The molecular weight excluding hydrogens is 368 g/mol. The zero-order valence-electron chi connectivity index (χ0n) is 15.7.